The number of aliphatic imine (C=N–C) groups is 1. The minimum absolute atomic E-state index is 0.0737. The van der Waals surface area contributed by atoms with E-state index >= 15 is 0 Å². The Bertz CT molecular complexity index is 895. The van der Waals surface area contributed by atoms with E-state index in [1.165, 1.54) is 0 Å². The molecule has 0 aliphatic rings. The lowest BCUT2D eigenvalue weighted by Gasteiger charge is -2.12. The van der Waals surface area contributed by atoms with E-state index in [4.69, 9.17) is 28.3 Å². The third-order valence-corrected chi connectivity index (χ3v) is 4.82. The summed E-state index contributed by atoms with van der Waals surface area (Å²) in [4.78, 5) is 4.47. The van der Waals surface area contributed by atoms with E-state index in [9.17, 15) is 13.5 Å². The number of nitrogens with zero attached hydrogens (tertiary/aromatic N) is 1. The lowest BCUT2D eigenvalue weighted by Crippen LogP contribution is -2.17. The molecule has 0 saturated carbocycles. The first-order valence-electron chi connectivity index (χ1n) is 7.48. The van der Waals surface area contributed by atoms with Gasteiger partial charge in [-0.3, -0.25) is 4.99 Å². The van der Waals surface area contributed by atoms with E-state index in [0.29, 0.717) is 26.9 Å². The molecule has 0 aliphatic carbocycles. The monoisotopic (exact) mass is 400 g/mol. The molecule has 0 unspecified atom stereocenters. The van der Waals surface area contributed by atoms with Crippen molar-refractivity contribution in [2.75, 3.05) is 12.3 Å². The molecule has 0 bridgehead atoms. The molecule has 0 aliphatic heterocycles. The molecule has 0 radical (unpaired) electrons. The predicted molar refractivity (Wildman–Crippen MR) is 102 cm³/mol. The van der Waals surface area contributed by atoms with Gasteiger partial charge in [-0.1, -0.05) is 35.3 Å². The van der Waals surface area contributed by atoms with Gasteiger partial charge in [0.15, 0.2) is 0 Å². The highest BCUT2D eigenvalue weighted by molar-refractivity contribution is 7.89. The number of aromatic hydroxyl groups is 1. The molecule has 25 heavy (non-hydrogen) atoms. The topological polar surface area (TPSA) is 92.8 Å². The molecule has 5 nitrogen and oxygen atoms in total. The summed E-state index contributed by atoms with van der Waals surface area (Å²) >= 11 is 12.0. The maximum atomic E-state index is 11.1. The van der Waals surface area contributed by atoms with Crippen molar-refractivity contribution in [3.05, 3.63) is 63.1 Å². The fraction of sp³-hybridized carbons (Fsp3) is 0.235. The van der Waals surface area contributed by atoms with Gasteiger partial charge in [-0.05, 0) is 43.2 Å². The summed E-state index contributed by atoms with van der Waals surface area (Å²) in [6, 6.07) is 10.3. The number of nitrogens with two attached hydrogens (primary N) is 1. The van der Waals surface area contributed by atoms with Gasteiger partial charge >= 0.3 is 0 Å². The van der Waals surface area contributed by atoms with Crippen LogP contribution in [0.25, 0.3) is 0 Å². The Labute approximate surface area is 157 Å². The fourth-order valence-corrected chi connectivity index (χ4v) is 3.24. The van der Waals surface area contributed by atoms with E-state index in [0.717, 1.165) is 5.56 Å². The molecular weight excluding hydrogens is 383 g/mol. The molecule has 2 aromatic rings. The SMILES string of the molecule is Cc1cc(Cl)cc(/C(=N/CCCS(N)(=O)=O)c2ccc(Cl)cc2)c1O. The van der Waals surface area contributed by atoms with Crippen molar-refractivity contribution in [3.63, 3.8) is 0 Å². The van der Waals surface area contributed by atoms with Gasteiger partial charge in [0.2, 0.25) is 10.0 Å². The lowest BCUT2D eigenvalue weighted by molar-refractivity contribution is 0.470. The van der Waals surface area contributed by atoms with E-state index in [1.54, 1.807) is 43.3 Å². The molecule has 3 N–H and O–H groups in total. The highest BCUT2D eigenvalue weighted by Gasteiger charge is 2.15. The van der Waals surface area contributed by atoms with Crippen LogP contribution in [0.4, 0.5) is 0 Å². The van der Waals surface area contributed by atoms with Crippen LogP contribution in [-0.4, -0.2) is 31.5 Å². The van der Waals surface area contributed by atoms with Crippen LogP contribution in [0.5, 0.6) is 5.75 Å². The molecule has 2 rings (SSSR count). The van der Waals surface area contributed by atoms with E-state index in [1.807, 2.05) is 0 Å². The number of rotatable bonds is 6. The molecule has 0 saturated heterocycles. The Morgan fingerprint density at radius 3 is 2.40 bits per heavy atom. The molecule has 134 valence electrons. The number of sulfonamides is 1. The highest BCUT2D eigenvalue weighted by atomic mass is 35.5. The van der Waals surface area contributed by atoms with E-state index in [-0.39, 0.29) is 24.5 Å². The molecule has 2 aromatic carbocycles. The zero-order valence-corrected chi connectivity index (χ0v) is 15.9. The van der Waals surface area contributed by atoms with Crippen LogP contribution in [0, 0.1) is 6.92 Å². The average Bonchev–Trinajstić information content (AvgIpc) is 2.51. The Hall–Kier alpha value is -1.60. The summed E-state index contributed by atoms with van der Waals surface area (Å²) in [5.74, 6) is -0.0881. The predicted octanol–water partition coefficient (Wildman–Crippen LogP) is 3.52. The normalized spacial score (nSPS) is 12.4. The fourth-order valence-electron chi connectivity index (χ4n) is 2.31. The largest absolute Gasteiger partial charge is 0.507 e. The van der Waals surface area contributed by atoms with Crippen molar-refractivity contribution < 1.29 is 13.5 Å². The second-order valence-corrected chi connectivity index (χ2v) is 8.18. The summed E-state index contributed by atoms with van der Waals surface area (Å²) in [6.45, 7) is 1.98. The number of benzene rings is 2. The van der Waals surface area contributed by atoms with Crippen LogP contribution in [0.15, 0.2) is 41.4 Å². The Morgan fingerprint density at radius 1 is 1.16 bits per heavy atom. The molecule has 8 heteroatoms. The zero-order valence-electron chi connectivity index (χ0n) is 13.5. The number of hydrogen-bond donors (Lipinski definition) is 2. The minimum atomic E-state index is -3.54. The smallest absolute Gasteiger partial charge is 0.209 e. The van der Waals surface area contributed by atoms with Crippen molar-refractivity contribution in [2.24, 2.45) is 10.1 Å². The maximum Gasteiger partial charge on any atom is 0.209 e. The van der Waals surface area contributed by atoms with Gasteiger partial charge in [0, 0.05) is 27.7 Å². The van der Waals surface area contributed by atoms with Crippen molar-refractivity contribution in [1.29, 1.82) is 0 Å². The van der Waals surface area contributed by atoms with Gasteiger partial charge in [-0.25, -0.2) is 13.6 Å². The third kappa shape index (κ3) is 5.71. The molecule has 0 heterocycles. The number of phenolic OH excluding ortho intramolecular Hbond substituents is 1. The van der Waals surface area contributed by atoms with Crippen LogP contribution in [-0.2, 0) is 10.0 Å². The van der Waals surface area contributed by atoms with Gasteiger partial charge in [0.1, 0.15) is 5.75 Å². The molecule has 0 aromatic heterocycles. The lowest BCUT2D eigenvalue weighted by atomic mass is 9.99. The van der Waals surface area contributed by atoms with Crippen LogP contribution in [0.3, 0.4) is 0 Å². The van der Waals surface area contributed by atoms with E-state index in [2.05, 4.69) is 4.99 Å². The molecule has 0 spiro atoms. The van der Waals surface area contributed by atoms with Crippen LogP contribution >= 0.6 is 23.2 Å². The molecular formula is C17H18Cl2N2O3S. The standard InChI is InChI=1S/C17H18Cl2N2O3S/c1-11-9-14(19)10-15(17(11)22)16(12-3-5-13(18)6-4-12)21-7-2-8-25(20,23)24/h3-6,9-10,22H,2,7-8H2,1H3,(H2,20,23,24)/b21-16+. The van der Waals surface area contributed by atoms with Crippen molar-refractivity contribution in [1.82, 2.24) is 0 Å². The third-order valence-electron chi connectivity index (χ3n) is 3.49. The highest BCUT2D eigenvalue weighted by Crippen LogP contribution is 2.29. The van der Waals surface area contributed by atoms with Crippen LogP contribution < -0.4 is 5.14 Å². The van der Waals surface area contributed by atoms with Crippen molar-refractivity contribution in [3.8, 4) is 5.75 Å². The second kappa shape index (κ2) is 8.19. The first kappa shape index (κ1) is 19.7. The average molecular weight is 401 g/mol. The molecule has 0 atom stereocenters. The Kier molecular flexibility index (Phi) is 6.46. The number of hydrogen-bond acceptors (Lipinski definition) is 4. The van der Waals surface area contributed by atoms with Gasteiger partial charge < -0.3 is 5.11 Å². The number of phenols is 1. The van der Waals surface area contributed by atoms with Gasteiger partial charge in [0.25, 0.3) is 0 Å². The number of aryl methyl sites for hydroxylation is 1. The molecule has 0 amide bonds. The van der Waals surface area contributed by atoms with Gasteiger partial charge in [0.05, 0.1) is 11.5 Å². The Balaban J connectivity index is 2.44. The second-order valence-electron chi connectivity index (χ2n) is 5.58. The quantitative estimate of drug-likeness (QED) is 0.573. The maximum absolute atomic E-state index is 11.1. The summed E-state index contributed by atoms with van der Waals surface area (Å²) in [6.07, 6.45) is 0.274. The first-order valence-corrected chi connectivity index (χ1v) is 9.95. The van der Waals surface area contributed by atoms with Crippen molar-refractivity contribution in [2.45, 2.75) is 13.3 Å². The van der Waals surface area contributed by atoms with E-state index < -0.39 is 10.0 Å². The summed E-state index contributed by atoms with van der Waals surface area (Å²) in [5, 5.41) is 16.5. The van der Waals surface area contributed by atoms with Gasteiger partial charge in [-0.2, -0.15) is 0 Å². The Morgan fingerprint density at radius 2 is 1.80 bits per heavy atom. The van der Waals surface area contributed by atoms with Crippen LogP contribution in [0.1, 0.15) is 23.1 Å². The summed E-state index contributed by atoms with van der Waals surface area (Å²) in [5.41, 5.74) is 2.34. The van der Waals surface area contributed by atoms with Crippen molar-refractivity contribution >= 4 is 38.9 Å². The summed E-state index contributed by atoms with van der Waals surface area (Å²) in [7, 11) is -3.54. The zero-order chi connectivity index (χ0) is 18.6. The minimum Gasteiger partial charge on any atom is -0.507 e. The number of primary sulfonamides is 1. The number of halogens is 2. The van der Waals surface area contributed by atoms with Gasteiger partial charge in [-0.15, -0.1) is 0 Å². The summed E-state index contributed by atoms with van der Waals surface area (Å²) < 4.78 is 22.1. The molecule has 0 fully saturated rings. The first-order chi connectivity index (χ1) is 11.7. The van der Waals surface area contributed by atoms with Crippen LogP contribution in [0.2, 0.25) is 10.0 Å².